The highest BCUT2D eigenvalue weighted by atomic mass is 16.5. The molecule has 1 fully saturated rings. The maximum Gasteiger partial charge on any atom is 0.337 e. The molecule has 0 aliphatic carbocycles. The number of hydrogen-bond donors (Lipinski definition) is 0. The second-order valence-electron chi connectivity index (χ2n) is 7.24. The van der Waals surface area contributed by atoms with Gasteiger partial charge in [0, 0.05) is 13.1 Å². The Hall–Kier alpha value is -2.82. The maximum atomic E-state index is 12.8. The molecule has 0 N–H and O–H groups in total. The van der Waals surface area contributed by atoms with Crippen LogP contribution in [0, 0.1) is 5.92 Å². The smallest absolute Gasteiger partial charge is 0.337 e. The normalized spacial score (nSPS) is 15.7. The van der Waals surface area contributed by atoms with Gasteiger partial charge in [0.1, 0.15) is 5.75 Å². The number of benzene rings is 2. The Balaban J connectivity index is 1.51. The highest BCUT2D eigenvalue weighted by molar-refractivity contribution is 5.89. The fourth-order valence-corrected chi connectivity index (χ4v) is 3.63. The van der Waals surface area contributed by atoms with Gasteiger partial charge in [-0.25, -0.2) is 4.79 Å². The largest absolute Gasteiger partial charge is 0.481 e. The summed E-state index contributed by atoms with van der Waals surface area (Å²) in [5, 5.41) is 0. The van der Waals surface area contributed by atoms with Crippen molar-refractivity contribution in [3.8, 4) is 5.75 Å². The highest BCUT2D eigenvalue weighted by Crippen LogP contribution is 2.23. The first-order valence-electron chi connectivity index (χ1n) is 9.74. The van der Waals surface area contributed by atoms with E-state index >= 15 is 0 Å². The number of rotatable bonds is 6. The monoisotopic (exact) mass is 381 g/mol. The van der Waals surface area contributed by atoms with E-state index in [0.717, 1.165) is 32.4 Å². The van der Waals surface area contributed by atoms with Crippen molar-refractivity contribution in [2.75, 3.05) is 20.2 Å². The van der Waals surface area contributed by atoms with Crippen molar-refractivity contribution in [1.29, 1.82) is 0 Å². The van der Waals surface area contributed by atoms with Gasteiger partial charge in [-0.05, 0) is 55.9 Å². The molecule has 2 aromatic carbocycles. The topological polar surface area (TPSA) is 55.8 Å². The van der Waals surface area contributed by atoms with Crippen molar-refractivity contribution in [3.05, 3.63) is 65.7 Å². The maximum absolute atomic E-state index is 12.8. The van der Waals surface area contributed by atoms with Gasteiger partial charge in [0.15, 0.2) is 6.10 Å². The van der Waals surface area contributed by atoms with Crippen molar-refractivity contribution in [2.24, 2.45) is 5.92 Å². The van der Waals surface area contributed by atoms with E-state index in [1.807, 2.05) is 11.0 Å². The lowest BCUT2D eigenvalue weighted by Crippen LogP contribution is -2.45. The lowest BCUT2D eigenvalue weighted by molar-refractivity contribution is -0.139. The van der Waals surface area contributed by atoms with Gasteiger partial charge in [-0.1, -0.05) is 36.4 Å². The molecule has 3 rings (SSSR count). The van der Waals surface area contributed by atoms with Crippen LogP contribution in [-0.4, -0.2) is 43.1 Å². The molecule has 2 aromatic rings. The summed E-state index contributed by atoms with van der Waals surface area (Å²) < 4.78 is 10.5. The van der Waals surface area contributed by atoms with Crippen LogP contribution >= 0.6 is 0 Å². The van der Waals surface area contributed by atoms with Crippen molar-refractivity contribution < 1.29 is 19.1 Å². The zero-order chi connectivity index (χ0) is 19.9. The number of amides is 1. The van der Waals surface area contributed by atoms with Crippen LogP contribution in [-0.2, 0) is 16.0 Å². The number of carbonyl (C=O) groups excluding carboxylic acids is 2. The molecule has 1 saturated heterocycles. The Morgan fingerprint density at radius 2 is 1.79 bits per heavy atom. The molecule has 1 amide bonds. The van der Waals surface area contributed by atoms with E-state index in [9.17, 15) is 9.59 Å². The lowest BCUT2D eigenvalue weighted by Gasteiger charge is -2.33. The first-order chi connectivity index (χ1) is 13.6. The van der Waals surface area contributed by atoms with Crippen LogP contribution in [0.3, 0.4) is 0 Å². The minimum absolute atomic E-state index is 0.0124. The molecular weight excluding hydrogens is 354 g/mol. The summed E-state index contributed by atoms with van der Waals surface area (Å²) in [6.07, 6.45) is 2.48. The van der Waals surface area contributed by atoms with Crippen LogP contribution < -0.4 is 4.74 Å². The molecule has 0 bridgehead atoms. The van der Waals surface area contributed by atoms with Gasteiger partial charge < -0.3 is 14.4 Å². The fourth-order valence-electron chi connectivity index (χ4n) is 3.63. The number of likely N-dealkylation sites (tertiary alicyclic amines) is 1. The van der Waals surface area contributed by atoms with Gasteiger partial charge in [-0.2, -0.15) is 0 Å². The molecule has 1 atom stereocenters. The van der Waals surface area contributed by atoms with Gasteiger partial charge in [0.2, 0.25) is 0 Å². The third-order valence-electron chi connectivity index (χ3n) is 5.21. The summed E-state index contributed by atoms with van der Waals surface area (Å²) in [5.74, 6) is 0.661. The summed E-state index contributed by atoms with van der Waals surface area (Å²) in [7, 11) is 1.34. The molecule has 1 aliphatic heterocycles. The molecule has 1 unspecified atom stereocenters. The molecule has 1 aliphatic rings. The Morgan fingerprint density at radius 3 is 2.46 bits per heavy atom. The van der Waals surface area contributed by atoms with Crippen molar-refractivity contribution >= 4 is 11.9 Å². The number of esters is 1. The minimum Gasteiger partial charge on any atom is -0.481 e. The Kier molecular flexibility index (Phi) is 6.69. The molecule has 5 nitrogen and oxygen atoms in total. The lowest BCUT2D eigenvalue weighted by atomic mass is 9.90. The molecular formula is C23H27NO4. The number of nitrogens with zero attached hydrogens (tertiary/aromatic N) is 1. The molecule has 5 heteroatoms. The van der Waals surface area contributed by atoms with Crippen molar-refractivity contribution in [1.82, 2.24) is 4.90 Å². The van der Waals surface area contributed by atoms with Crippen LogP contribution in [0.25, 0.3) is 0 Å². The third kappa shape index (κ3) is 5.12. The number of piperidine rings is 1. The Labute approximate surface area is 166 Å². The number of ether oxygens (including phenoxy) is 2. The average Bonchev–Trinajstić information content (AvgIpc) is 2.74. The standard InChI is InChI=1S/C23H27NO4/c1-17(28-21-10-6-9-20(16-21)23(26)27-2)22(25)24-13-11-19(12-14-24)15-18-7-4-3-5-8-18/h3-10,16-17,19H,11-15H2,1-2H3. The van der Waals surface area contributed by atoms with E-state index in [1.54, 1.807) is 31.2 Å². The first-order valence-corrected chi connectivity index (χ1v) is 9.74. The van der Waals surface area contributed by atoms with E-state index in [0.29, 0.717) is 17.2 Å². The summed E-state index contributed by atoms with van der Waals surface area (Å²) in [6.45, 7) is 3.27. The molecule has 0 saturated carbocycles. The van der Waals surface area contributed by atoms with Gasteiger partial charge in [-0.15, -0.1) is 0 Å². The van der Waals surface area contributed by atoms with Gasteiger partial charge >= 0.3 is 5.97 Å². The van der Waals surface area contributed by atoms with Crippen molar-refractivity contribution in [3.63, 3.8) is 0 Å². The summed E-state index contributed by atoms with van der Waals surface area (Å²) in [4.78, 5) is 26.3. The van der Waals surface area contributed by atoms with E-state index in [-0.39, 0.29) is 5.91 Å². The predicted octanol–water partition coefficient (Wildman–Crippen LogP) is 3.72. The highest BCUT2D eigenvalue weighted by Gasteiger charge is 2.27. The van der Waals surface area contributed by atoms with E-state index in [4.69, 9.17) is 9.47 Å². The average molecular weight is 381 g/mol. The van der Waals surface area contributed by atoms with Crippen LogP contribution in [0.15, 0.2) is 54.6 Å². The van der Waals surface area contributed by atoms with Crippen LogP contribution in [0.5, 0.6) is 5.75 Å². The Morgan fingerprint density at radius 1 is 1.07 bits per heavy atom. The second kappa shape index (κ2) is 9.40. The van der Waals surface area contributed by atoms with Crippen LogP contribution in [0.2, 0.25) is 0 Å². The Bertz CT molecular complexity index is 797. The SMILES string of the molecule is COC(=O)c1cccc(OC(C)C(=O)N2CCC(Cc3ccccc3)CC2)c1. The number of methoxy groups -OCH3 is 1. The third-order valence-corrected chi connectivity index (χ3v) is 5.21. The quantitative estimate of drug-likeness (QED) is 0.716. The van der Waals surface area contributed by atoms with E-state index in [1.165, 1.54) is 12.7 Å². The minimum atomic E-state index is -0.599. The van der Waals surface area contributed by atoms with Gasteiger partial charge in [0.05, 0.1) is 12.7 Å². The zero-order valence-electron chi connectivity index (χ0n) is 16.5. The van der Waals surface area contributed by atoms with Gasteiger partial charge in [-0.3, -0.25) is 4.79 Å². The summed E-state index contributed by atoms with van der Waals surface area (Å²) in [6, 6.07) is 17.2. The summed E-state index contributed by atoms with van der Waals surface area (Å²) >= 11 is 0. The molecule has 148 valence electrons. The fraction of sp³-hybridized carbons (Fsp3) is 0.391. The van der Waals surface area contributed by atoms with E-state index in [2.05, 4.69) is 24.3 Å². The first kappa shape index (κ1) is 19.9. The number of carbonyl (C=O) groups is 2. The number of hydrogen-bond acceptors (Lipinski definition) is 4. The zero-order valence-corrected chi connectivity index (χ0v) is 16.5. The predicted molar refractivity (Wildman–Crippen MR) is 107 cm³/mol. The van der Waals surface area contributed by atoms with Crippen LogP contribution in [0.4, 0.5) is 0 Å². The molecule has 0 radical (unpaired) electrons. The molecule has 0 aromatic heterocycles. The molecule has 28 heavy (non-hydrogen) atoms. The van der Waals surface area contributed by atoms with Crippen LogP contribution in [0.1, 0.15) is 35.7 Å². The van der Waals surface area contributed by atoms with Crippen molar-refractivity contribution in [2.45, 2.75) is 32.3 Å². The summed E-state index contributed by atoms with van der Waals surface area (Å²) in [5.41, 5.74) is 1.76. The molecule has 1 heterocycles. The van der Waals surface area contributed by atoms with Gasteiger partial charge in [0.25, 0.3) is 5.91 Å². The molecule has 0 spiro atoms. The second-order valence-corrected chi connectivity index (χ2v) is 7.24. The van der Waals surface area contributed by atoms with E-state index < -0.39 is 12.1 Å².